The Kier molecular flexibility index (Phi) is 6.58. The van der Waals surface area contributed by atoms with Crippen molar-refractivity contribution in [2.75, 3.05) is 19.5 Å². The summed E-state index contributed by atoms with van der Waals surface area (Å²) in [6, 6.07) is 6.97. The molecule has 3 aromatic heterocycles. The van der Waals surface area contributed by atoms with E-state index in [4.69, 9.17) is 14.2 Å². The highest BCUT2D eigenvalue weighted by Gasteiger charge is 2.14. The predicted octanol–water partition coefficient (Wildman–Crippen LogP) is 2.65. The van der Waals surface area contributed by atoms with Gasteiger partial charge in [0.15, 0.2) is 23.9 Å². The van der Waals surface area contributed by atoms with Crippen LogP contribution in [-0.4, -0.2) is 49.5 Å². The van der Waals surface area contributed by atoms with Crippen LogP contribution in [0.4, 0.5) is 5.69 Å². The fourth-order valence-electron chi connectivity index (χ4n) is 3.20. The van der Waals surface area contributed by atoms with Crippen LogP contribution >= 0.6 is 0 Å². The maximum atomic E-state index is 12.6. The van der Waals surface area contributed by atoms with Crippen LogP contribution in [-0.2, 0) is 19.8 Å². The van der Waals surface area contributed by atoms with E-state index in [1.807, 2.05) is 17.8 Å². The molecule has 0 aliphatic heterocycles. The Hall–Kier alpha value is -4.28. The Morgan fingerprint density at radius 2 is 1.76 bits per heavy atom. The molecular formula is C22H25N7O4. The third kappa shape index (κ3) is 5.14. The number of ether oxygens (including phenoxy) is 3. The number of rotatable bonds is 10. The number of para-hydroxylation sites is 1. The van der Waals surface area contributed by atoms with Crippen LogP contribution in [0.2, 0.25) is 0 Å². The molecule has 1 amide bonds. The summed E-state index contributed by atoms with van der Waals surface area (Å²) in [5, 5.41) is 15.6. The fourth-order valence-corrected chi connectivity index (χ4v) is 3.20. The largest absolute Gasteiger partial charge is 0.493 e. The van der Waals surface area contributed by atoms with Gasteiger partial charge >= 0.3 is 0 Å². The van der Waals surface area contributed by atoms with E-state index in [1.54, 1.807) is 68.0 Å². The number of methoxy groups -OCH3 is 2. The maximum Gasteiger partial charge on any atom is 0.276 e. The third-order valence-electron chi connectivity index (χ3n) is 4.84. The van der Waals surface area contributed by atoms with Crippen molar-refractivity contribution in [3.05, 3.63) is 66.5 Å². The number of amides is 1. The standard InChI is InChI=1S/C22H25N7O4/c1-4-27-12-16(10-23-27)13-29-14-17(11-24-29)25-22(30)18-8-9-28(26-18)15-33-21-19(31-2)6-5-7-20(21)32-3/h5-12,14H,4,13,15H2,1-3H3,(H,25,30). The average Bonchev–Trinajstić information content (AvgIpc) is 3.59. The number of benzene rings is 1. The van der Waals surface area contributed by atoms with Crippen molar-refractivity contribution in [1.29, 1.82) is 0 Å². The van der Waals surface area contributed by atoms with Crippen molar-refractivity contribution >= 4 is 11.6 Å². The molecule has 4 aromatic rings. The summed E-state index contributed by atoms with van der Waals surface area (Å²) < 4.78 is 21.6. The minimum atomic E-state index is -0.345. The van der Waals surface area contributed by atoms with Crippen LogP contribution in [0, 0.1) is 0 Å². The molecule has 0 aliphatic rings. The highest BCUT2D eigenvalue weighted by molar-refractivity contribution is 6.02. The molecule has 11 heteroatoms. The Labute approximate surface area is 190 Å². The molecule has 0 spiro atoms. The summed E-state index contributed by atoms with van der Waals surface area (Å²) in [7, 11) is 3.11. The molecule has 0 saturated heterocycles. The molecule has 1 N–H and O–H groups in total. The number of hydrogen-bond acceptors (Lipinski definition) is 7. The summed E-state index contributed by atoms with van der Waals surface area (Å²) in [5.74, 6) is 1.19. The second kappa shape index (κ2) is 9.90. The quantitative estimate of drug-likeness (QED) is 0.395. The lowest BCUT2D eigenvalue weighted by molar-refractivity contribution is 0.102. The van der Waals surface area contributed by atoms with E-state index < -0.39 is 0 Å². The first-order valence-electron chi connectivity index (χ1n) is 10.3. The van der Waals surface area contributed by atoms with E-state index in [1.165, 1.54) is 4.68 Å². The van der Waals surface area contributed by atoms with E-state index in [0.717, 1.165) is 12.1 Å². The molecule has 172 valence electrons. The molecule has 33 heavy (non-hydrogen) atoms. The lowest BCUT2D eigenvalue weighted by Gasteiger charge is -2.13. The number of carbonyl (C=O) groups excluding carboxylic acids is 1. The van der Waals surface area contributed by atoms with Crippen molar-refractivity contribution in [2.45, 2.75) is 26.7 Å². The number of nitrogens with zero attached hydrogens (tertiary/aromatic N) is 6. The van der Waals surface area contributed by atoms with Gasteiger partial charge in [0.2, 0.25) is 5.75 Å². The predicted molar refractivity (Wildman–Crippen MR) is 120 cm³/mol. The van der Waals surface area contributed by atoms with Crippen LogP contribution in [0.1, 0.15) is 23.0 Å². The number of nitrogens with one attached hydrogen (secondary N) is 1. The van der Waals surface area contributed by atoms with E-state index in [0.29, 0.717) is 29.5 Å². The normalized spacial score (nSPS) is 10.8. The molecule has 0 aliphatic carbocycles. The molecule has 4 rings (SSSR count). The van der Waals surface area contributed by atoms with Crippen molar-refractivity contribution in [2.24, 2.45) is 0 Å². The van der Waals surface area contributed by atoms with Crippen LogP contribution in [0.25, 0.3) is 0 Å². The van der Waals surface area contributed by atoms with Crippen LogP contribution in [0.5, 0.6) is 17.2 Å². The maximum absolute atomic E-state index is 12.6. The molecule has 0 fully saturated rings. The fraction of sp³-hybridized carbons (Fsp3) is 0.273. The molecule has 3 heterocycles. The highest BCUT2D eigenvalue weighted by atomic mass is 16.5. The molecule has 0 unspecified atom stereocenters. The minimum Gasteiger partial charge on any atom is -0.493 e. The van der Waals surface area contributed by atoms with Gasteiger partial charge in [-0.3, -0.25) is 14.2 Å². The molecule has 0 radical (unpaired) electrons. The van der Waals surface area contributed by atoms with Gasteiger partial charge in [0.05, 0.1) is 38.8 Å². The monoisotopic (exact) mass is 451 g/mol. The van der Waals surface area contributed by atoms with Crippen LogP contribution in [0.15, 0.2) is 55.2 Å². The number of anilines is 1. The van der Waals surface area contributed by atoms with Gasteiger partial charge in [-0.2, -0.15) is 15.3 Å². The first kappa shape index (κ1) is 21.9. The summed E-state index contributed by atoms with van der Waals surface area (Å²) in [5.41, 5.74) is 1.86. The summed E-state index contributed by atoms with van der Waals surface area (Å²) >= 11 is 0. The summed E-state index contributed by atoms with van der Waals surface area (Å²) in [6.45, 7) is 3.48. The molecule has 11 nitrogen and oxygen atoms in total. The number of hydrogen-bond donors (Lipinski definition) is 1. The van der Waals surface area contributed by atoms with Gasteiger partial charge in [0.1, 0.15) is 0 Å². The number of aryl methyl sites for hydroxylation is 1. The second-order valence-corrected chi connectivity index (χ2v) is 7.09. The van der Waals surface area contributed by atoms with Crippen molar-refractivity contribution < 1.29 is 19.0 Å². The lowest BCUT2D eigenvalue weighted by Crippen LogP contribution is -2.14. The topological polar surface area (TPSA) is 110 Å². The third-order valence-corrected chi connectivity index (χ3v) is 4.84. The molecule has 0 atom stereocenters. The van der Waals surface area contributed by atoms with Crippen LogP contribution in [0.3, 0.4) is 0 Å². The van der Waals surface area contributed by atoms with Gasteiger partial charge in [-0.05, 0) is 25.1 Å². The highest BCUT2D eigenvalue weighted by Crippen LogP contribution is 2.36. The average molecular weight is 451 g/mol. The van der Waals surface area contributed by atoms with Gasteiger partial charge in [-0.25, -0.2) is 4.68 Å². The van der Waals surface area contributed by atoms with Gasteiger partial charge in [-0.15, -0.1) is 0 Å². The van der Waals surface area contributed by atoms with Gasteiger partial charge in [-0.1, -0.05) is 6.07 Å². The van der Waals surface area contributed by atoms with E-state index in [2.05, 4.69) is 20.6 Å². The first-order chi connectivity index (χ1) is 16.1. The number of carbonyl (C=O) groups is 1. The van der Waals surface area contributed by atoms with Gasteiger partial charge < -0.3 is 19.5 Å². The Morgan fingerprint density at radius 3 is 2.45 bits per heavy atom. The zero-order valence-corrected chi connectivity index (χ0v) is 18.6. The summed E-state index contributed by atoms with van der Waals surface area (Å²) in [4.78, 5) is 12.6. The first-order valence-corrected chi connectivity index (χ1v) is 10.3. The zero-order chi connectivity index (χ0) is 23.2. The van der Waals surface area contributed by atoms with Crippen LogP contribution < -0.4 is 19.5 Å². The lowest BCUT2D eigenvalue weighted by atomic mass is 10.3. The van der Waals surface area contributed by atoms with Gasteiger partial charge in [0.25, 0.3) is 5.91 Å². The molecular weight excluding hydrogens is 426 g/mol. The number of aromatic nitrogens is 6. The molecule has 1 aromatic carbocycles. The molecule has 0 bridgehead atoms. The smallest absolute Gasteiger partial charge is 0.276 e. The zero-order valence-electron chi connectivity index (χ0n) is 18.6. The van der Waals surface area contributed by atoms with Gasteiger partial charge in [0, 0.05) is 30.7 Å². The van der Waals surface area contributed by atoms with E-state index in [9.17, 15) is 4.79 Å². The second-order valence-electron chi connectivity index (χ2n) is 7.09. The van der Waals surface area contributed by atoms with E-state index >= 15 is 0 Å². The summed E-state index contributed by atoms with van der Waals surface area (Å²) in [6.07, 6.45) is 8.78. The Morgan fingerprint density at radius 1 is 1.00 bits per heavy atom. The SMILES string of the molecule is CCn1cc(Cn2cc(NC(=O)c3ccn(COc4c(OC)cccc4OC)n3)cn2)cn1. The van der Waals surface area contributed by atoms with Crippen molar-refractivity contribution in [3.8, 4) is 17.2 Å². The van der Waals surface area contributed by atoms with Crippen molar-refractivity contribution in [3.63, 3.8) is 0 Å². The Bertz CT molecular complexity index is 1200. The molecule has 0 saturated carbocycles. The Balaban J connectivity index is 1.35. The van der Waals surface area contributed by atoms with Crippen molar-refractivity contribution in [1.82, 2.24) is 29.3 Å². The van der Waals surface area contributed by atoms with E-state index in [-0.39, 0.29) is 18.3 Å². The minimum absolute atomic E-state index is 0.0768.